The van der Waals surface area contributed by atoms with Crippen molar-refractivity contribution in [1.29, 1.82) is 0 Å². The molecule has 0 aliphatic heterocycles. The van der Waals surface area contributed by atoms with Crippen LogP contribution in [0.2, 0.25) is 10.0 Å². The summed E-state index contributed by atoms with van der Waals surface area (Å²) < 4.78 is 40.4. The number of carbonyl (C=O) groups excluding carboxylic acids is 2. The van der Waals surface area contributed by atoms with Crippen LogP contribution in [-0.2, 0) is 27.8 Å². The van der Waals surface area contributed by atoms with E-state index >= 15 is 0 Å². The van der Waals surface area contributed by atoms with Crippen molar-refractivity contribution in [2.45, 2.75) is 45.7 Å². The molecule has 8 nitrogen and oxygen atoms in total. The molecule has 0 fully saturated rings. The maximum atomic E-state index is 13.6. The van der Waals surface area contributed by atoms with E-state index in [0.717, 1.165) is 4.31 Å². The van der Waals surface area contributed by atoms with E-state index in [1.54, 1.807) is 37.5 Å². The van der Waals surface area contributed by atoms with Crippen molar-refractivity contribution in [2.75, 3.05) is 13.2 Å². The van der Waals surface area contributed by atoms with Crippen LogP contribution in [0.25, 0.3) is 0 Å². The molecule has 1 aromatic carbocycles. The summed E-state index contributed by atoms with van der Waals surface area (Å²) in [7, 11) is -4.26. The largest absolute Gasteiger partial charge is 0.468 e. The van der Waals surface area contributed by atoms with Gasteiger partial charge in [0.05, 0.1) is 31.0 Å². The van der Waals surface area contributed by atoms with Crippen LogP contribution in [0.3, 0.4) is 0 Å². The third kappa shape index (κ3) is 5.48. The first-order chi connectivity index (χ1) is 16.5. The molecule has 2 aromatic heterocycles. The molecule has 0 aliphatic carbocycles. The monoisotopic (exact) mass is 540 g/mol. The quantitative estimate of drug-likeness (QED) is 0.256. The van der Waals surface area contributed by atoms with Gasteiger partial charge in [-0.25, -0.2) is 13.2 Å². The zero-order chi connectivity index (χ0) is 25.9. The summed E-state index contributed by atoms with van der Waals surface area (Å²) in [6.07, 6.45) is 1.41. The molecule has 0 spiro atoms. The number of ether oxygens (including phenoxy) is 1. The van der Waals surface area contributed by atoms with Gasteiger partial charge in [0.25, 0.3) is 0 Å². The lowest BCUT2D eigenvalue weighted by Crippen LogP contribution is -2.35. The Labute approximate surface area is 214 Å². The standard InChI is InChI=1S/C24H26Cl2N2O6S/c1-5-28-16(4)22(15(3)23(28)24(30)33-6-2)20(29)14-27(13-18-8-7-11-34-18)35(31,32)21-12-17(25)9-10-19(21)26/h7-12H,5-6,13-14H2,1-4H3. The number of furan rings is 1. The number of hydrogen-bond acceptors (Lipinski definition) is 6. The van der Waals surface area contributed by atoms with Crippen molar-refractivity contribution in [1.82, 2.24) is 8.87 Å². The average molecular weight is 541 g/mol. The maximum Gasteiger partial charge on any atom is 0.355 e. The van der Waals surface area contributed by atoms with E-state index in [0.29, 0.717) is 23.6 Å². The van der Waals surface area contributed by atoms with E-state index in [-0.39, 0.29) is 39.3 Å². The lowest BCUT2D eigenvalue weighted by molar-refractivity contribution is 0.0512. The number of halogens is 2. The molecule has 0 saturated heterocycles. The molecule has 0 radical (unpaired) electrons. The van der Waals surface area contributed by atoms with E-state index in [1.807, 2.05) is 6.92 Å². The molecule has 0 aliphatic rings. The number of aromatic nitrogens is 1. The third-order valence-electron chi connectivity index (χ3n) is 5.57. The molecule has 3 aromatic rings. The minimum Gasteiger partial charge on any atom is -0.468 e. The second-order valence-corrected chi connectivity index (χ2v) is 10.5. The number of sulfonamides is 1. The average Bonchev–Trinajstić information content (AvgIpc) is 3.40. The van der Waals surface area contributed by atoms with Crippen LogP contribution in [-0.4, -0.2) is 42.2 Å². The Hall–Kier alpha value is -2.59. The predicted molar refractivity (Wildman–Crippen MR) is 133 cm³/mol. The van der Waals surface area contributed by atoms with Gasteiger partial charge in [0.2, 0.25) is 10.0 Å². The van der Waals surface area contributed by atoms with Crippen LogP contribution in [0, 0.1) is 13.8 Å². The number of rotatable bonds is 10. The number of esters is 1. The highest BCUT2D eigenvalue weighted by Gasteiger charge is 2.33. The lowest BCUT2D eigenvalue weighted by atomic mass is 10.1. The molecule has 0 bridgehead atoms. The van der Waals surface area contributed by atoms with Crippen molar-refractivity contribution in [3.63, 3.8) is 0 Å². The SMILES string of the molecule is CCOC(=O)c1c(C)c(C(=O)CN(Cc2ccco2)S(=O)(=O)c2cc(Cl)ccc2Cl)c(C)n1CC. The first kappa shape index (κ1) is 27.0. The summed E-state index contributed by atoms with van der Waals surface area (Å²) >= 11 is 12.2. The molecule has 2 heterocycles. The number of Topliss-reactive ketones (excluding diaryl/α,β-unsaturated/α-hetero) is 1. The molecular weight excluding hydrogens is 515 g/mol. The number of hydrogen-bond donors (Lipinski definition) is 0. The highest BCUT2D eigenvalue weighted by Crippen LogP contribution is 2.30. The smallest absolute Gasteiger partial charge is 0.355 e. The molecule has 188 valence electrons. The van der Waals surface area contributed by atoms with Gasteiger partial charge in [0, 0.05) is 22.8 Å². The van der Waals surface area contributed by atoms with Gasteiger partial charge in [0.1, 0.15) is 16.3 Å². The second-order valence-electron chi connectivity index (χ2n) is 7.75. The fourth-order valence-corrected chi connectivity index (χ4v) is 6.12. The van der Waals surface area contributed by atoms with Gasteiger partial charge in [-0.3, -0.25) is 4.79 Å². The van der Waals surface area contributed by atoms with Gasteiger partial charge < -0.3 is 13.7 Å². The summed E-state index contributed by atoms with van der Waals surface area (Å²) in [4.78, 5) is 25.9. The minimum atomic E-state index is -4.26. The number of nitrogens with zero attached hydrogens (tertiary/aromatic N) is 2. The highest BCUT2D eigenvalue weighted by molar-refractivity contribution is 7.89. The van der Waals surface area contributed by atoms with Gasteiger partial charge in [0.15, 0.2) is 5.78 Å². The molecule has 0 unspecified atom stereocenters. The van der Waals surface area contributed by atoms with Crippen LogP contribution >= 0.6 is 23.2 Å². The molecule has 0 saturated carbocycles. The first-order valence-electron chi connectivity index (χ1n) is 10.9. The number of ketones is 1. The molecule has 0 amide bonds. The summed E-state index contributed by atoms with van der Waals surface area (Å²) in [5, 5.41) is 0.156. The third-order valence-corrected chi connectivity index (χ3v) is 8.08. The Kier molecular flexibility index (Phi) is 8.48. The van der Waals surface area contributed by atoms with Gasteiger partial charge >= 0.3 is 5.97 Å². The zero-order valence-electron chi connectivity index (χ0n) is 19.8. The fraction of sp³-hybridized carbons (Fsp3) is 0.333. The summed E-state index contributed by atoms with van der Waals surface area (Å²) in [6, 6.07) is 7.32. The molecule has 11 heteroatoms. The second kappa shape index (κ2) is 11.0. The Balaban J connectivity index is 2.07. The first-order valence-corrected chi connectivity index (χ1v) is 13.1. The Morgan fingerprint density at radius 1 is 1.14 bits per heavy atom. The Morgan fingerprint density at radius 3 is 2.46 bits per heavy atom. The minimum absolute atomic E-state index is 0.0274. The van der Waals surface area contributed by atoms with E-state index in [9.17, 15) is 18.0 Å². The maximum absolute atomic E-state index is 13.6. The highest BCUT2D eigenvalue weighted by atomic mass is 35.5. The van der Waals surface area contributed by atoms with Crippen LogP contribution in [0.5, 0.6) is 0 Å². The molecular formula is C24H26Cl2N2O6S. The number of carbonyl (C=O) groups is 2. The Morgan fingerprint density at radius 2 is 1.86 bits per heavy atom. The van der Waals surface area contributed by atoms with Crippen LogP contribution in [0.1, 0.15) is 51.7 Å². The van der Waals surface area contributed by atoms with Crippen molar-refractivity contribution in [3.8, 4) is 0 Å². The van der Waals surface area contributed by atoms with Gasteiger partial charge in [-0.2, -0.15) is 4.31 Å². The zero-order valence-corrected chi connectivity index (χ0v) is 22.1. The summed E-state index contributed by atoms with van der Waals surface area (Å²) in [5.41, 5.74) is 1.53. The fourth-order valence-electron chi connectivity index (χ4n) is 4.02. The van der Waals surface area contributed by atoms with Gasteiger partial charge in [-0.1, -0.05) is 23.2 Å². The predicted octanol–water partition coefficient (Wildman–Crippen LogP) is 5.28. The van der Waals surface area contributed by atoms with Crippen molar-refractivity contribution < 1.29 is 27.2 Å². The van der Waals surface area contributed by atoms with Crippen molar-refractivity contribution in [3.05, 3.63) is 74.9 Å². The Bertz CT molecular complexity index is 1350. The van der Waals surface area contributed by atoms with Crippen LogP contribution in [0.15, 0.2) is 45.9 Å². The topological polar surface area (TPSA) is 98.8 Å². The number of benzene rings is 1. The lowest BCUT2D eigenvalue weighted by Gasteiger charge is -2.21. The van der Waals surface area contributed by atoms with Crippen LogP contribution in [0.4, 0.5) is 0 Å². The van der Waals surface area contributed by atoms with Crippen molar-refractivity contribution in [2.24, 2.45) is 0 Å². The van der Waals surface area contributed by atoms with E-state index in [4.69, 9.17) is 32.4 Å². The summed E-state index contributed by atoms with van der Waals surface area (Å²) in [6.45, 7) is 6.81. The molecule has 3 rings (SSSR count). The normalized spacial score (nSPS) is 11.7. The molecule has 0 N–H and O–H groups in total. The van der Waals surface area contributed by atoms with Gasteiger partial charge in [-0.05, 0) is 63.6 Å². The van der Waals surface area contributed by atoms with E-state index in [2.05, 4.69) is 0 Å². The molecule has 0 atom stereocenters. The molecule has 35 heavy (non-hydrogen) atoms. The van der Waals surface area contributed by atoms with Gasteiger partial charge in [-0.15, -0.1) is 0 Å². The van der Waals surface area contributed by atoms with E-state index in [1.165, 1.54) is 24.5 Å². The van der Waals surface area contributed by atoms with E-state index < -0.39 is 28.3 Å². The summed E-state index contributed by atoms with van der Waals surface area (Å²) in [5.74, 6) is -0.683. The van der Waals surface area contributed by atoms with Crippen molar-refractivity contribution >= 4 is 45.0 Å². The van der Waals surface area contributed by atoms with Crippen LogP contribution < -0.4 is 0 Å².